The second kappa shape index (κ2) is 33.9. The molecule has 0 aromatic carbocycles. The van der Waals surface area contributed by atoms with Gasteiger partial charge in [0.1, 0.15) is 23.6 Å². The van der Waals surface area contributed by atoms with Crippen LogP contribution in [0.3, 0.4) is 0 Å². The number of aliphatic hydroxyl groups excluding tert-OH is 1. The molecule has 2 unspecified atom stereocenters. The number of hydrogen-bond donors (Lipinski definition) is 2. The van der Waals surface area contributed by atoms with Crippen LogP contribution >= 0.6 is 19.4 Å². The molecule has 13 nitrogen and oxygen atoms in total. The van der Waals surface area contributed by atoms with Crippen LogP contribution in [0, 0.1) is 6.92 Å². The lowest BCUT2D eigenvalue weighted by Crippen LogP contribution is -2.47. The Kier molecular flexibility index (Phi) is 30.2. The van der Waals surface area contributed by atoms with Crippen LogP contribution in [0.1, 0.15) is 206 Å². The lowest BCUT2D eigenvalue weighted by Gasteiger charge is -2.30. The lowest BCUT2D eigenvalue weighted by molar-refractivity contribution is -0.113. The Hall–Kier alpha value is -1.48. The van der Waals surface area contributed by atoms with Crippen molar-refractivity contribution in [2.45, 2.75) is 231 Å². The summed E-state index contributed by atoms with van der Waals surface area (Å²) in [4.78, 5) is 25.9. The van der Waals surface area contributed by atoms with Crippen molar-refractivity contribution in [1.82, 2.24) is 19.5 Å². The van der Waals surface area contributed by atoms with E-state index >= 15 is 4.39 Å². The van der Waals surface area contributed by atoms with Gasteiger partial charge in [-0.25, -0.2) is 23.9 Å². The summed E-state index contributed by atoms with van der Waals surface area (Å²) in [7, 11) is -1.13. The normalized spacial score (nSPS) is 20.2. The largest absolute Gasteiger partial charge is 0.472 e. The molecule has 0 amide bonds. The zero-order chi connectivity index (χ0) is 47.2. The number of fused-ring (bicyclic) bond motifs is 1. The van der Waals surface area contributed by atoms with Gasteiger partial charge >= 0.3 is 7.82 Å². The topological polar surface area (TPSA) is 151 Å². The van der Waals surface area contributed by atoms with E-state index in [2.05, 4.69) is 28.8 Å². The quantitative estimate of drug-likeness (QED) is 0.0370. The molecule has 0 aliphatic carbocycles. The standard InChI is InChI=1S/C49H90ClFN5O8P/c1-6-8-10-12-14-16-18-20-22-24-26-28-30-32-34-60-36-42(61-35-33-31-29-27-25-23-21-19-17-15-13-11-9-7-2)37-62-65(58,59)63-39-49(38-50)45(57)43(51)48(64-49)56-40-52-44-46(55(4)5)53-41(3)54-47(44)56/h40,42-43,45,48,57H,6-39H2,1-5H3,(H,58,59)/t42?,43-,45-,48+,49+/m0/s1. The van der Waals surface area contributed by atoms with Gasteiger partial charge in [0.15, 0.2) is 29.4 Å². The molecule has 0 bridgehead atoms. The number of aryl methyl sites for hydroxylation is 1. The highest BCUT2D eigenvalue weighted by Crippen LogP contribution is 2.48. The molecule has 1 saturated heterocycles. The van der Waals surface area contributed by atoms with Gasteiger partial charge in [-0.1, -0.05) is 181 Å². The van der Waals surface area contributed by atoms with Crippen molar-refractivity contribution >= 4 is 36.4 Å². The third-order valence-corrected chi connectivity index (χ3v) is 14.0. The van der Waals surface area contributed by atoms with Crippen LogP contribution < -0.4 is 4.90 Å². The van der Waals surface area contributed by atoms with Crippen molar-refractivity contribution in [3.63, 3.8) is 0 Å². The molecule has 2 aromatic heterocycles. The first-order valence-electron chi connectivity index (χ1n) is 25.7. The fraction of sp³-hybridized carbons (Fsp3) is 0.898. The van der Waals surface area contributed by atoms with Crippen molar-refractivity contribution in [1.29, 1.82) is 0 Å². The molecule has 3 heterocycles. The van der Waals surface area contributed by atoms with E-state index in [4.69, 9.17) is 34.9 Å². The summed E-state index contributed by atoms with van der Waals surface area (Å²) in [5.74, 6) is 0.532. The number of aromatic nitrogens is 4. The van der Waals surface area contributed by atoms with Crippen LogP contribution in [0.2, 0.25) is 0 Å². The minimum Gasteiger partial charge on any atom is -0.387 e. The summed E-state index contributed by atoms with van der Waals surface area (Å²) >= 11 is 6.29. The molecule has 1 fully saturated rings. The minimum atomic E-state index is -4.75. The number of phosphoric ester groups is 1. The van der Waals surface area contributed by atoms with Gasteiger partial charge in [0.25, 0.3) is 0 Å². The number of anilines is 1. The van der Waals surface area contributed by atoms with Gasteiger partial charge < -0.3 is 29.1 Å². The summed E-state index contributed by atoms with van der Waals surface area (Å²) in [6.07, 6.45) is 31.1. The van der Waals surface area contributed by atoms with Gasteiger partial charge in [0, 0.05) is 27.3 Å². The molecule has 0 radical (unpaired) electrons. The number of halogens is 2. The van der Waals surface area contributed by atoms with Crippen LogP contribution in [0.5, 0.6) is 0 Å². The first-order valence-corrected chi connectivity index (χ1v) is 27.8. The Labute approximate surface area is 397 Å². The smallest absolute Gasteiger partial charge is 0.387 e. The van der Waals surface area contributed by atoms with Crippen LogP contribution in [0.25, 0.3) is 11.2 Å². The van der Waals surface area contributed by atoms with Gasteiger partial charge in [-0.05, 0) is 19.8 Å². The maximum absolute atomic E-state index is 15.9. The predicted octanol–water partition coefficient (Wildman–Crippen LogP) is 12.9. The van der Waals surface area contributed by atoms with Crippen LogP contribution in [0.15, 0.2) is 6.33 Å². The summed E-state index contributed by atoms with van der Waals surface area (Å²) in [5, 5.41) is 11.1. The SMILES string of the molecule is CCCCCCCCCCCCCCCCOCC(COP(=O)(O)OC[C@@]1(CCl)O[C@@H](n2cnc3c(N(C)C)nc(C)nc32)[C@@H](F)[C@@H]1O)OCCCCCCCCCCCCCCCC. The van der Waals surface area contributed by atoms with Crippen molar-refractivity contribution in [2.24, 2.45) is 0 Å². The predicted molar refractivity (Wildman–Crippen MR) is 262 cm³/mol. The van der Waals surface area contributed by atoms with Crippen molar-refractivity contribution in [3.8, 4) is 0 Å². The highest BCUT2D eigenvalue weighted by Gasteiger charge is 2.57. The fourth-order valence-corrected chi connectivity index (χ4v) is 9.62. The third kappa shape index (κ3) is 22.2. The van der Waals surface area contributed by atoms with Gasteiger partial charge in [-0.3, -0.25) is 13.6 Å². The molecule has 65 heavy (non-hydrogen) atoms. The summed E-state index contributed by atoms with van der Waals surface area (Å²) in [5.41, 5.74) is -1.16. The number of phosphoric acid groups is 1. The molecule has 16 heteroatoms. The van der Waals surface area contributed by atoms with Crippen molar-refractivity contribution in [2.75, 3.05) is 57.9 Å². The van der Waals surface area contributed by atoms with E-state index in [1.807, 2.05) is 14.1 Å². The Balaban J connectivity index is 1.43. The number of nitrogens with zero attached hydrogens (tertiary/aromatic N) is 5. The molecule has 1 aliphatic rings. The Bertz CT molecular complexity index is 1560. The Morgan fingerprint density at radius 1 is 0.769 bits per heavy atom. The lowest BCUT2D eigenvalue weighted by atomic mass is 9.99. The highest BCUT2D eigenvalue weighted by molar-refractivity contribution is 7.47. The molecular weight excluding hydrogens is 872 g/mol. The summed E-state index contributed by atoms with van der Waals surface area (Å²) in [6, 6.07) is 0. The highest BCUT2D eigenvalue weighted by atomic mass is 35.5. The van der Waals surface area contributed by atoms with Gasteiger partial charge in [-0.15, -0.1) is 11.6 Å². The maximum Gasteiger partial charge on any atom is 0.472 e. The van der Waals surface area contributed by atoms with Gasteiger partial charge in [0.05, 0.1) is 32.0 Å². The maximum atomic E-state index is 15.9. The van der Waals surface area contributed by atoms with E-state index < -0.39 is 50.5 Å². The number of alkyl halides is 2. The molecule has 2 aromatic rings. The summed E-state index contributed by atoms with van der Waals surface area (Å²) < 4.78 is 59.5. The van der Waals surface area contributed by atoms with Crippen LogP contribution in [-0.4, -0.2) is 107 Å². The minimum absolute atomic E-state index is 0.202. The number of hydrogen-bond acceptors (Lipinski definition) is 11. The second-order valence-electron chi connectivity index (χ2n) is 18.7. The fourth-order valence-electron chi connectivity index (χ4n) is 8.52. The Morgan fingerprint density at radius 3 is 1.72 bits per heavy atom. The average Bonchev–Trinajstić information content (AvgIpc) is 3.82. The molecule has 0 spiro atoms. The van der Waals surface area contributed by atoms with Gasteiger partial charge in [-0.2, -0.15) is 0 Å². The van der Waals surface area contributed by atoms with Gasteiger partial charge in [0.2, 0.25) is 0 Å². The molecule has 0 saturated carbocycles. The first-order chi connectivity index (χ1) is 31.5. The molecule has 2 N–H and O–H groups in total. The number of imidazole rings is 1. The third-order valence-electron chi connectivity index (χ3n) is 12.6. The second-order valence-corrected chi connectivity index (χ2v) is 20.4. The molecule has 6 atom stereocenters. The zero-order valence-corrected chi connectivity index (χ0v) is 42.9. The molecule has 378 valence electrons. The van der Waals surface area contributed by atoms with Crippen molar-refractivity contribution in [3.05, 3.63) is 12.2 Å². The van der Waals surface area contributed by atoms with E-state index in [0.717, 1.165) is 32.1 Å². The Morgan fingerprint density at radius 2 is 1.25 bits per heavy atom. The van der Waals surface area contributed by atoms with E-state index in [1.165, 1.54) is 159 Å². The monoisotopic (exact) mass is 962 g/mol. The van der Waals surface area contributed by atoms with E-state index in [1.54, 1.807) is 11.8 Å². The van der Waals surface area contributed by atoms with Crippen molar-refractivity contribution < 1.29 is 42.2 Å². The van der Waals surface area contributed by atoms with Crippen LogP contribution in [-0.2, 0) is 27.8 Å². The number of rotatable bonds is 42. The molecule has 1 aliphatic heterocycles. The van der Waals surface area contributed by atoms with E-state index in [9.17, 15) is 14.6 Å². The zero-order valence-electron chi connectivity index (χ0n) is 41.2. The first kappa shape index (κ1) is 57.8. The number of unbranched alkanes of at least 4 members (excludes halogenated alkanes) is 26. The summed E-state index contributed by atoms with van der Waals surface area (Å²) in [6.45, 7) is 6.50. The van der Waals surface area contributed by atoms with E-state index in [-0.39, 0.29) is 13.2 Å². The molecule has 3 rings (SSSR count). The number of ether oxygens (including phenoxy) is 3. The molecular formula is C49H90ClFN5O8P. The average molecular weight is 963 g/mol. The number of aliphatic hydroxyl groups is 1. The van der Waals surface area contributed by atoms with Crippen LogP contribution in [0.4, 0.5) is 10.2 Å². The van der Waals surface area contributed by atoms with E-state index in [0.29, 0.717) is 36.0 Å².